The summed E-state index contributed by atoms with van der Waals surface area (Å²) in [6.45, 7) is 0. The molecule has 0 aliphatic carbocycles. The number of phenolic OH excluding ortho intramolecular Hbond substituents is 1. The summed E-state index contributed by atoms with van der Waals surface area (Å²) in [5, 5.41) is 10.4. The third-order valence-corrected chi connectivity index (χ3v) is 2.56. The Labute approximate surface area is 98.1 Å². The lowest BCUT2D eigenvalue weighted by atomic mass is 10.0. The highest BCUT2D eigenvalue weighted by Gasteiger charge is 2.08. The summed E-state index contributed by atoms with van der Waals surface area (Å²) in [4.78, 5) is 10.7. The lowest BCUT2D eigenvalue weighted by Gasteiger charge is -2.06. The third kappa shape index (κ3) is 1.92. The molecule has 0 unspecified atom stereocenters. The summed E-state index contributed by atoms with van der Waals surface area (Å²) in [5.41, 5.74) is 1.67. The number of benzene rings is 2. The van der Waals surface area contributed by atoms with Gasteiger partial charge in [-0.1, -0.05) is 35.9 Å². The standard InChI is InChI=1S/C13H9ClO2/c14-11-5-1-3-9(7-11)12-6-2-4-10(8-15)13(12)16/h1-8,16H. The average molecular weight is 233 g/mol. The number of aldehydes is 1. The third-order valence-electron chi connectivity index (χ3n) is 2.33. The number of rotatable bonds is 2. The summed E-state index contributed by atoms with van der Waals surface area (Å²) in [5.74, 6) is -0.0141. The number of aromatic hydroxyl groups is 1. The predicted octanol–water partition coefficient (Wildman–Crippen LogP) is 3.53. The van der Waals surface area contributed by atoms with Gasteiger partial charge in [0.15, 0.2) is 6.29 Å². The molecule has 0 aliphatic rings. The van der Waals surface area contributed by atoms with E-state index >= 15 is 0 Å². The highest BCUT2D eigenvalue weighted by atomic mass is 35.5. The van der Waals surface area contributed by atoms with E-state index in [2.05, 4.69) is 0 Å². The summed E-state index contributed by atoms with van der Waals surface area (Å²) < 4.78 is 0. The summed E-state index contributed by atoms with van der Waals surface area (Å²) >= 11 is 5.87. The van der Waals surface area contributed by atoms with Crippen LogP contribution in [0.4, 0.5) is 0 Å². The number of phenols is 1. The normalized spacial score (nSPS) is 10.1. The zero-order valence-corrected chi connectivity index (χ0v) is 9.11. The number of hydrogen-bond donors (Lipinski definition) is 1. The molecule has 0 atom stereocenters. The van der Waals surface area contributed by atoms with Gasteiger partial charge >= 0.3 is 0 Å². The van der Waals surface area contributed by atoms with Gasteiger partial charge in [0.2, 0.25) is 0 Å². The Morgan fingerprint density at radius 2 is 1.88 bits per heavy atom. The van der Waals surface area contributed by atoms with E-state index in [-0.39, 0.29) is 11.3 Å². The van der Waals surface area contributed by atoms with E-state index in [9.17, 15) is 9.90 Å². The van der Waals surface area contributed by atoms with Crippen molar-refractivity contribution in [2.24, 2.45) is 0 Å². The molecule has 0 aliphatic heterocycles. The summed E-state index contributed by atoms with van der Waals surface area (Å²) in [6, 6.07) is 12.2. The van der Waals surface area contributed by atoms with E-state index in [0.717, 1.165) is 5.56 Å². The molecule has 0 fully saturated rings. The molecule has 80 valence electrons. The minimum Gasteiger partial charge on any atom is -0.507 e. The van der Waals surface area contributed by atoms with Crippen LogP contribution in [-0.4, -0.2) is 11.4 Å². The Morgan fingerprint density at radius 1 is 1.12 bits per heavy atom. The maximum absolute atomic E-state index is 10.7. The second-order valence-corrected chi connectivity index (χ2v) is 3.81. The van der Waals surface area contributed by atoms with Crippen molar-refractivity contribution in [2.75, 3.05) is 0 Å². The van der Waals surface area contributed by atoms with Crippen molar-refractivity contribution in [1.29, 1.82) is 0 Å². The first-order valence-electron chi connectivity index (χ1n) is 4.75. The SMILES string of the molecule is O=Cc1cccc(-c2cccc(Cl)c2)c1O. The van der Waals surface area contributed by atoms with Crippen LogP contribution in [0.1, 0.15) is 10.4 Å². The molecule has 2 rings (SSSR count). The van der Waals surface area contributed by atoms with Crippen molar-refractivity contribution in [1.82, 2.24) is 0 Å². The van der Waals surface area contributed by atoms with Gasteiger partial charge in [0.1, 0.15) is 5.75 Å². The van der Waals surface area contributed by atoms with Gasteiger partial charge in [0.25, 0.3) is 0 Å². The predicted molar refractivity (Wildman–Crippen MR) is 63.9 cm³/mol. The Kier molecular flexibility index (Phi) is 2.93. The van der Waals surface area contributed by atoms with Gasteiger partial charge in [-0.25, -0.2) is 0 Å². The molecule has 3 heteroatoms. The molecule has 0 amide bonds. The molecule has 0 bridgehead atoms. The lowest BCUT2D eigenvalue weighted by molar-refractivity contribution is 0.112. The van der Waals surface area contributed by atoms with E-state index in [1.807, 2.05) is 6.07 Å². The van der Waals surface area contributed by atoms with Crippen LogP contribution < -0.4 is 0 Å². The van der Waals surface area contributed by atoms with Crippen LogP contribution in [0.2, 0.25) is 5.02 Å². The molecular formula is C13H9ClO2. The monoisotopic (exact) mass is 232 g/mol. The van der Waals surface area contributed by atoms with Crippen molar-refractivity contribution >= 4 is 17.9 Å². The van der Waals surface area contributed by atoms with E-state index in [0.29, 0.717) is 16.9 Å². The van der Waals surface area contributed by atoms with Crippen molar-refractivity contribution in [2.45, 2.75) is 0 Å². The summed E-state index contributed by atoms with van der Waals surface area (Å²) in [6.07, 6.45) is 0.628. The van der Waals surface area contributed by atoms with Gasteiger partial charge in [0.05, 0.1) is 5.56 Å². The number of para-hydroxylation sites is 1. The zero-order chi connectivity index (χ0) is 11.5. The average Bonchev–Trinajstić information content (AvgIpc) is 2.29. The zero-order valence-electron chi connectivity index (χ0n) is 8.35. The fourth-order valence-electron chi connectivity index (χ4n) is 1.55. The van der Waals surface area contributed by atoms with Gasteiger partial charge in [-0.15, -0.1) is 0 Å². The molecular weight excluding hydrogens is 224 g/mol. The van der Waals surface area contributed by atoms with Crippen molar-refractivity contribution in [3.05, 3.63) is 53.1 Å². The Morgan fingerprint density at radius 3 is 2.56 bits per heavy atom. The first-order chi connectivity index (χ1) is 7.72. The molecule has 2 aromatic rings. The van der Waals surface area contributed by atoms with Crippen LogP contribution >= 0.6 is 11.6 Å². The number of hydrogen-bond acceptors (Lipinski definition) is 2. The maximum atomic E-state index is 10.7. The maximum Gasteiger partial charge on any atom is 0.153 e. The number of carbonyl (C=O) groups excluding carboxylic acids is 1. The van der Waals surface area contributed by atoms with Gasteiger partial charge in [-0.2, -0.15) is 0 Å². The Bertz CT molecular complexity index is 535. The topological polar surface area (TPSA) is 37.3 Å². The van der Waals surface area contributed by atoms with Crippen LogP contribution in [0.3, 0.4) is 0 Å². The minimum atomic E-state index is -0.0141. The van der Waals surface area contributed by atoms with Crippen molar-refractivity contribution in [3.8, 4) is 16.9 Å². The molecule has 0 saturated heterocycles. The van der Waals surface area contributed by atoms with Gasteiger partial charge in [-0.3, -0.25) is 4.79 Å². The van der Waals surface area contributed by atoms with Crippen LogP contribution in [0.5, 0.6) is 5.75 Å². The fraction of sp³-hybridized carbons (Fsp3) is 0. The minimum absolute atomic E-state index is 0.0141. The molecule has 2 nitrogen and oxygen atoms in total. The van der Waals surface area contributed by atoms with Gasteiger partial charge in [0, 0.05) is 10.6 Å². The van der Waals surface area contributed by atoms with Crippen molar-refractivity contribution in [3.63, 3.8) is 0 Å². The second-order valence-electron chi connectivity index (χ2n) is 3.37. The molecule has 0 radical (unpaired) electrons. The molecule has 16 heavy (non-hydrogen) atoms. The molecule has 0 saturated carbocycles. The van der Waals surface area contributed by atoms with Gasteiger partial charge < -0.3 is 5.11 Å². The second kappa shape index (κ2) is 4.37. The van der Waals surface area contributed by atoms with Gasteiger partial charge in [-0.05, 0) is 23.8 Å². The van der Waals surface area contributed by atoms with E-state index in [4.69, 9.17) is 11.6 Å². The first-order valence-corrected chi connectivity index (χ1v) is 5.13. The number of halogens is 1. The Hall–Kier alpha value is -1.80. The van der Waals surface area contributed by atoms with Crippen molar-refractivity contribution < 1.29 is 9.90 Å². The quantitative estimate of drug-likeness (QED) is 0.805. The van der Waals surface area contributed by atoms with E-state index in [1.54, 1.807) is 36.4 Å². The van der Waals surface area contributed by atoms with E-state index < -0.39 is 0 Å². The fourth-order valence-corrected chi connectivity index (χ4v) is 1.74. The van der Waals surface area contributed by atoms with Crippen LogP contribution in [0.25, 0.3) is 11.1 Å². The lowest BCUT2D eigenvalue weighted by Crippen LogP contribution is -1.85. The molecule has 0 aromatic heterocycles. The van der Waals surface area contributed by atoms with Crippen LogP contribution in [0.15, 0.2) is 42.5 Å². The summed E-state index contributed by atoms with van der Waals surface area (Å²) in [7, 11) is 0. The van der Waals surface area contributed by atoms with Crippen LogP contribution in [0, 0.1) is 0 Å². The Balaban J connectivity index is 2.60. The smallest absolute Gasteiger partial charge is 0.153 e. The number of carbonyl (C=O) groups is 1. The first kappa shape index (κ1) is 10.7. The molecule has 0 heterocycles. The van der Waals surface area contributed by atoms with Crippen LogP contribution in [-0.2, 0) is 0 Å². The highest BCUT2D eigenvalue weighted by Crippen LogP contribution is 2.32. The largest absolute Gasteiger partial charge is 0.507 e. The molecule has 1 N–H and O–H groups in total. The molecule has 2 aromatic carbocycles. The molecule has 0 spiro atoms. The van der Waals surface area contributed by atoms with E-state index in [1.165, 1.54) is 0 Å². The highest BCUT2D eigenvalue weighted by molar-refractivity contribution is 6.30.